The van der Waals surface area contributed by atoms with E-state index < -0.39 is 17.5 Å². The molecule has 1 aliphatic heterocycles. The van der Waals surface area contributed by atoms with Gasteiger partial charge in [-0.25, -0.2) is 0 Å². The number of amides is 1. The second-order valence-electron chi connectivity index (χ2n) is 5.69. The van der Waals surface area contributed by atoms with Crippen molar-refractivity contribution < 1.29 is 18.0 Å². The molecule has 0 aromatic heterocycles. The third-order valence-corrected chi connectivity index (χ3v) is 3.99. The van der Waals surface area contributed by atoms with Crippen LogP contribution in [0.4, 0.5) is 13.2 Å². The molecule has 1 unspecified atom stereocenters. The van der Waals surface area contributed by atoms with E-state index in [0.29, 0.717) is 12.5 Å². The molecule has 1 amide bonds. The monoisotopic (exact) mass is 295 g/mol. The summed E-state index contributed by atoms with van der Waals surface area (Å²) in [5, 5.41) is 5.08. The second kappa shape index (κ2) is 6.76. The molecule has 1 atom stereocenters. The van der Waals surface area contributed by atoms with Crippen LogP contribution in [0.5, 0.6) is 0 Å². The Balaban J connectivity index is 2.45. The second-order valence-corrected chi connectivity index (χ2v) is 5.69. The summed E-state index contributed by atoms with van der Waals surface area (Å²) >= 11 is 0. The molecule has 1 fully saturated rings. The van der Waals surface area contributed by atoms with Gasteiger partial charge in [0.2, 0.25) is 5.91 Å². The number of carbonyl (C=O) groups is 1. The van der Waals surface area contributed by atoms with Crippen LogP contribution in [0, 0.1) is 5.41 Å². The van der Waals surface area contributed by atoms with E-state index in [1.807, 2.05) is 20.9 Å². The van der Waals surface area contributed by atoms with Crippen molar-refractivity contribution >= 4 is 5.91 Å². The quantitative estimate of drug-likeness (QED) is 0.728. The van der Waals surface area contributed by atoms with Crippen LogP contribution in [0.2, 0.25) is 0 Å². The molecule has 1 rings (SSSR count). The Morgan fingerprint density at radius 2 is 2.10 bits per heavy atom. The van der Waals surface area contributed by atoms with Gasteiger partial charge in [0.15, 0.2) is 5.41 Å². The standard InChI is InChI=1S/C13H24F3N3O/c1-10(2)19(3)8-4-6-18-11(20)12(13(14,15)16)5-7-17-9-12/h10,17H,4-9H2,1-3H3,(H,18,20). The van der Waals surface area contributed by atoms with Crippen molar-refractivity contribution in [3.05, 3.63) is 0 Å². The van der Waals surface area contributed by atoms with E-state index in [-0.39, 0.29) is 26.1 Å². The zero-order valence-corrected chi connectivity index (χ0v) is 12.3. The van der Waals surface area contributed by atoms with E-state index in [0.717, 1.165) is 6.54 Å². The lowest BCUT2D eigenvalue weighted by atomic mass is 9.85. The summed E-state index contributed by atoms with van der Waals surface area (Å²) in [6.07, 6.45) is -4.05. The Kier molecular flexibility index (Phi) is 5.82. The first kappa shape index (κ1) is 17.2. The lowest BCUT2D eigenvalue weighted by molar-refractivity contribution is -0.216. The van der Waals surface area contributed by atoms with Gasteiger partial charge in [-0.1, -0.05) is 0 Å². The van der Waals surface area contributed by atoms with Crippen molar-refractivity contribution in [3.8, 4) is 0 Å². The number of hydrogen-bond donors (Lipinski definition) is 2. The van der Waals surface area contributed by atoms with Crippen LogP contribution in [0.15, 0.2) is 0 Å². The summed E-state index contributed by atoms with van der Waals surface area (Å²) < 4.78 is 39.3. The van der Waals surface area contributed by atoms with E-state index in [9.17, 15) is 18.0 Å². The number of nitrogens with one attached hydrogen (secondary N) is 2. The molecule has 0 aromatic rings. The van der Waals surface area contributed by atoms with Crippen LogP contribution in [-0.2, 0) is 4.79 Å². The van der Waals surface area contributed by atoms with Crippen LogP contribution in [0.1, 0.15) is 26.7 Å². The minimum absolute atomic E-state index is 0.186. The van der Waals surface area contributed by atoms with Gasteiger partial charge in [-0.05, 0) is 46.8 Å². The van der Waals surface area contributed by atoms with Gasteiger partial charge in [-0.2, -0.15) is 13.2 Å². The van der Waals surface area contributed by atoms with Gasteiger partial charge >= 0.3 is 6.18 Å². The van der Waals surface area contributed by atoms with Gasteiger partial charge in [0, 0.05) is 19.1 Å². The third-order valence-electron chi connectivity index (χ3n) is 3.99. The molecular weight excluding hydrogens is 271 g/mol. The predicted octanol–water partition coefficient (Wildman–Crippen LogP) is 1.37. The first-order valence-corrected chi connectivity index (χ1v) is 6.97. The van der Waals surface area contributed by atoms with E-state index in [1.165, 1.54) is 0 Å². The average Bonchev–Trinajstić information content (AvgIpc) is 2.83. The van der Waals surface area contributed by atoms with Gasteiger partial charge in [0.25, 0.3) is 0 Å². The largest absolute Gasteiger partial charge is 0.404 e. The topological polar surface area (TPSA) is 44.4 Å². The van der Waals surface area contributed by atoms with Crippen LogP contribution in [-0.4, -0.2) is 56.3 Å². The highest BCUT2D eigenvalue weighted by Gasteiger charge is 2.61. The smallest absolute Gasteiger partial charge is 0.355 e. The molecule has 1 saturated heterocycles. The van der Waals surface area contributed by atoms with Crippen LogP contribution < -0.4 is 10.6 Å². The van der Waals surface area contributed by atoms with Crippen molar-refractivity contribution in [3.63, 3.8) is 0 Å². The molecule has 1 heterocycles. The van der Waals surface area contributed by atoms with E-state index >= 15 is 0 Å². The molecule has 1 aliphatic rings. The third kappa shape index (κ3) is 3.85. The SMILES string of the molecule is CC(C)N(C)CCCNC(=O)C1(C(F)(F)F)CCNC1. The van der Waals surface area contributed by atoms with Crippen molar-refractivity contribution in [2.75, 3.05) is 33.2 Å². The predicted molar refractivity (Wildman–Crippen MR) is 71.4 cm³/mol. The highest BCUT2D eigenvalue weighted by molar-refractivity contribution is 5.84. The van der Waals surface area contributed by atoms with Crippen molar-refractivity contribution in [1.82, 2.24) is 15.5 Å². The highest BCUT2D eigenvalue weighted by atomic mass is 19.4. The van der Waals surface area contributed by atoms with Gasteiger partial charge < -0.3 is 15.5 Å². The Labute approximate surface area is 118 Å². The fourth-order valence-electron chi connectivity index (χ4n) is 2.21. The fraction of sp³-hybridized carbons (Fsp3) is 0.923. The first-order chi connectivity index (χ1) is 9.21. The Morgan fingerprint density at radius 1 is 1.45 bits per heavy atom. The van der Waals surface area contributed by atoms with Gasteiger partial charge in [0.05, 0.1) is 0 Å². The fourth-order valence-corrected chi connectivity index (χ4v) is 2.21. The Hall–Kier alpha value is -0.820. The zero-order chi connectivity index (χ0) is 15.4. The molecule has 4 nitrogen and oxygen atoms in total. The van der Waals surface area contributed by atoms with E-state index in [2.05, 4.69) is 15.5 Å². The Bertz CT molecular complexity index is 325. The maximum Gasteiger partial charge on any atom is 0.404 e. The number of nitrogens with zero attached hydrogens (tertiary/aromatic N) is 1. The first-order valence-electron chi connectivity index (χ1n) is 6.97. The molecule has 0 radical (unpaired) electrons. The lowest BCUT2D eigenvalue weighted by Crippen LogP contribution is -2.52. The summed E-state index contributed by atoms with van der Waals surface area (Å²) in [6.45, 7) is 5.00. The maximum absolute atomic E-state index is 13.1. The van der Waals surface area contributed by atoms with Crippen LogP contribution in [0.3, 0.4) is 0 Å². The number of halogens is 3. The van der Waals surface area contributed by atoms with Crippen molar-refractivity contribution in [1.29, 1.82) is 0 Å². The number of rotatable bonds is 6. The van der Waals surface area contributed by atoms with Gasteiger partial charge in [-0.3, -0.25) is 4.79 Å². The summed E-state index contributed by atoms with van der Waals surface area (Å²) in [6, 6.07) is 0.381. The number of carbonyl (C=O) groups excluding carboxylic acids is 1. The molecule has 7 heteroatoms. The molecule has 0 aliphatic carbocycles. The van der Waals surface area contributed by atoms with Gasteiger partial charge in [0.1, 0.15) is 0 Å². The summed E-state index contributed by atoms with van der Waals surface area (Å²) in [4.78, 5) is 14.0. The lowest BCUT2D eigenvalue weighted by Gasteiger charge is -2.29. The maximum atomic E-state index is 13.1. The zero-order valence-electron chi connectivity index (χ0n) is 12.3. The molecule has 0 saturated carbocycles. The van der Waals surface area contributed by atoms with E-state index in [4.69, 9.17) is 0 Å². The molecule has 20 heavy (non-hydrogen) atoms. The van der Waals surface area contributed by atoms with Crippen molar-refractivity contribution in [2.45, 2.75) is 38.9 Å². The van der Waals surface area contributed by atoms with Crippen LogP contribution >= 0.6 is 0 Å². The molecule has 2 N–H and O–H groups in total. The average molecular weight is 295 g/mol. The van der Waals surface area contributed by atoms with Crippen molar-refractivity contribution in [2.24, 2.45) is 5.41 Å². The highest BCUT2D eigenvalue weighted by Crippen LogP contribution is 2.43. The van der Waals surface area contributed by atoms with Crippen LogP contribution in [0.25, 0.3) is 0 Å². The normalized spacial score (nSPS) is 23.6. The molecule has 118 valence electrons. The summed E-state index contributed by atoms with van der Waals surface area (Å²) in [7, 11) is 1.95. The number of alkyl halides is 3. The minimum atomic E-state index is -4.50. The molecule has 0 bridgehead atoms. The van der Waals surface area contributed by atoms with E-state index in [1.54, 1.807) is 0 Å². The van der Waals surface area contributed by atoms with Gasteiger partial charge in [-0.15, -0.1) is 0 Å². The molecule has 0 spiro atoms. The number of hydrogen-bond acceptors (Lipinski definition) is 3. The molecular formula is C13H24F3N3O. The molecule has 0 aromatic carbocycles. The summed E-state index contributed by atoms with van der Waals surface area (Å²) in [5.41, 5.74) is -2.25. The summed E-state index contributed by atoms with van der Waals surface area (Å²) in [5.74, 6) is -0.901. The minimum Gasteiger partial charge on any atom is -0.355 e. The Morgan fingerprint density at radius 3 is 2.55 bits per heavy atom.